The molecule has 0 radical (unpaired) electrons. The number of anilines is 1. The van der Waals surface area contributed by atoms with Crippen LogP contribution in [0.3, 0.4) is 0 Å². The zero-order valence-electron chi connectivity index (χ0n) is 21.9. The van der Waals surface area contributed by atoms with E-state index < -0.39 is 46.4 Å². The predicted octanol–water partition coefficient (Wildman–Crippen LogP) is 1.52. The van der Waals surface area contributed by atoms with Gasteiger partial charge in [0.05, 0.1) is 5.39 Å². The van der Waals surface area contributed by atoms with Crippen molar-refractivity contribution in [1.82, 2.24) is 30.5 Å². The lowest BCUT2D eigenvalue weighted by atomic mass is 10.2. The summed E-state index contributed by atoms with van der Waals surface area (Å²) >= 11 is 0. The quantitative estimate of drug-likeness (QED) is 0.408. The van der Waals surface area contributed by atoms with Crippen LogP contribution < -0.4 is 21.0 Å². The van der Waals surface area contributed by atoms with Crippen LogP contribution in [0.5, 0.6) is 0 Å². The van der Waals surface area contributed by atoms with Crippen molar-refractivity contribution in [2.75, 3.05) is 18.0 Å². The molecule has 208 valence electrons. The number of nitrogens with zero attached hydrogens (tertiary/aromatic N) is 5. The van der Waals surface area contributed by atoms with Gasteiger partial charge in [0, 0.05) is 25.3 Å². The van der Waals surface area contributed by atoms with Crippen molar-refractivity contribution >= 4 is 34.8 Å². The van der Waals surface area contributed by atoms with E-state index >= 15 is 4.39 Å². The second kappa shape index (κ2) is 10.3. The Morgan fingerprint density at radius 3 is 2.59 bits per heavy atom. The summed E-state index contributed by atoms with van der Waals surface area (Å²) in [6.45, 7) is 8.73. The number of pyridine rings is 2. The average Bonchev–Trinajstić information content (AvgIpc) is 3.46. The number of hydrogen-bond acceptors (Lipinski definition) is 10. The number of aromatic nitrogens is 4. The largest absolute Gasteiger partial charge is 0.477 e. The number of halogens is 1. The monoisotopic (exact) mass is 545 g/mol. The van der Waals surface area contributed by atoms with E-state index in [9.17, 15) is 24.3 Å². The molecule has 1 aliphatic heterocycles. The molecule has 3 aromatic heterocycles. The van der Waals surface area contributed by atoms with Gasteiger partial charge < -0.3 is 25.4 Å². The maximum Gasteiger partial charge on any atom is 0.408 e. The van der Waals surface area contributed by atoms with Gasteiger partial charge in [0.25, 0.3) is 0 Å². The number of ether oxygens (including phenoxy) is 1. The summed E-state index contributed by atoms with van der Waals surface area (Å²) < 4.78 is 26.3. The van der Waals surface area contributed by atoms with Crippen molar-refractivity contribution in [1.29, 1.82) is 0 Å². The fraction of sp³-hybridized carbons (Fsp3) is 0.458. The first-order chi connectivity index (χ1) is 18.2. The van der Waals surface area contributed by atoms with E-state index in [0.29, 0.717) is 18.7 Å². The fourth-order valence-electron chi connectivity index (χ4n) is 4.14. The molecule has 4 heterocycles. The lowest BCUT2D eigenvalue weighted by Gasteiger charge is -2.23. The fourth-order valence-corrected chi connectivity index (χ4v) is 4.14. The van der Waals surface area contributed by atoms with Gasteiger partial charge in [-0.25, -0.2) is 23.6 Å². The minimum absolute atomic E-state index is 0.0390. The number of carboxylic acids is 1. The number of alkyl carbamates (subject to hydrolysis) is 1. The lowest BCUT2D eigenvalue weighted by molar-refractivity contribution is -0.123. The molecule has 1 saturated heterocycles. The molecule has 0 aliphatic carbocycles. The van der Waals surface area contributed by atoms with E-state index in [0.717, 1.165) is 12.3 Å². The minimum Gasteiger partial charge on any atom is -0.477 e. The van der Waals surface area contributed by atoms with Gasteiger partial charge in [0.15, 0.2) is 17.3 Å². The highest BCUT2D eigenvalue weighted by atomic mass is 19.1. The molecule has 1 aliphatic rings. The standard InChI is InChI=1S/C24H28FN7O7/c1-11-18(30-39-29-11)32-10-15(22(35)36)17(33)14-8-16(25)20(28-19(14)32)31-7-6-13(9-31)27-21(34)12(2)26-23(37)38-24(3,4)5/h8,10,12-13H,6-7,9H2,1-5H3,(H,26,37)(H,27,34)(H,35,36)/t12-,13?/m0/s1. The Morgan fingerprint density at radius 2 is 1.97 bits per heavy atom. The van der Waals surface area contributed by atoms with E-state index in [1.54, 1.807) is 32.6 Å². The summed E-state index contributed by atoms with van der Waals surface area (Å²) in [5.74, 6) is -2.78. The van der Waals surface area contributed by atoms with Crippen LogP contribution in [-0.2, 0) is 9.53 Å². The third-order valence-corrected chi connectivity index (χ3v) is 5.96. The van der Waals surface area contributed by atoms with Crippen molar-refractivity contribution in [3.05, 3.63) is 39.6 Å². The lowest BCUT2D eigenvalue weighted by Crippen LogP contribution is -2.49. The molecule has 1 fully saturated rings. The van der Waals surface area contributed by atoms with Crippen molar-refractivity contribution in [3.8, 4) is 5.82 Å². The van der Waals surface area contributed by atoms with Gasteiger partial charge in [-0.15, -0.1) is 0 Å². The highest BCUT2D eigenvalue weighted by Crippen LogP contribution is 2.26. The zero-order valence-corrected chi connectivity index (χ0v) is 21.9. The van der Waals surface area contributed by atoms with Crippen LogP contribution in [0, 0.1) is 12.7 Å². The molecule has 2 atom stereocenters. The molecule has 3 aromatic rings. The minimum atomic E-state index is -1.50. The molecule has 3 N–H and O–H groups in total. The van der Waals surface area contributed by atoms with Gasteiger partial charge in [0.2, 0.25) is 17.2 Å². The number of hydrogen-bond donors (Lipinski definition) is 3. The molecule has 0 spiro atoms. The van der Waals surface area contributed by atoms with Crippen LogP contribution in [0.4, 0.5) is 15.0 Å². The van der Waals surface area contributed by atoms with Crippen molar-refractivity contribution in [2.24, 2.45) is 0 Å². The third kappa shape index (κ3) is 5.81. The van der Waals surface area contributed by atoms with Gasteiger partial charge in [-0.05, 0) is 52.3 Å². The number of amides is 2. The van der Waals surface area contributed by atoms with Crippen molar-refractivity contribution in [2.45, 2.75) is 58.7 Å². The molecule has 4 rings (SSSR count). The highest BCUT2D eigenvalue weighted by Gasteiger charge is 2.30. The van der Waals surface area contributed by atoms with Crippen LogP contribution in [0.15, 0.2) is 21.7 Å². The normalized spacial score (nSPS) is 16.3. The van der Waals surface area contributed by atoms with Crippen LogP contribution in [0.1, 0.15) is 50.2 Å². The zero-order chi connectivity index (χ0) is 28.6. The van der Waals surface area contributed by atoms with Crippen molar-refractivity contribution in [3.63, 3.8) is 0 Å². The summed E-state index contributed by atoms with van der Waals surface area (Å²) in [5, 5.41) is 22.0. The molecule has 0 bridgehead atoms. The molecular weight excluding hydrogens is 517 g/mol. The summed E-state index contributed by atoms with van der Waals surface area (Å²) in [7, 11) is 0. The highest BCUT2D eigenvalue weighted by molar-refractivity contribution is 5.92. The van der Waals surface area contributed by atoms with Gasteiger partial charge in [-0.2, -0.15) is 0 Å². The van der Waals surface area contributed by atoms with E-state index in [1.807, 2.05) is 0 Å². The Morgan fingerprint density at radius 1 is 1.26 bits per heavy atom. The summed E-state index contributed by atoms with van der Waals surface area (Å²) in [6, 6.07) is -0.317. The van der Waals surface area contributed by atoms with Gasteiger partial charge in [-0.1, -0.05) is 5.16 Å². The molecule has 39 heavy (non-hydrogen) atoms. The third-order valence-electron chi connectivity index (χ3n) is 5.96. The van der Waals surface area contributed by atoms with E-state index in [4.69, 9.17) is 9.37 Å². The van der Waals surface area contributed by atoms with E-state index in [1.165, 1.54) is 11.5 Å². The average molecular weight is 546 g/mol. The topological polar surface area (TPSA) is 182 Å². The Kier molecular flexibility index (Phi) is 7.26. The van der Waals surface area contributed by atoms with Crippen molar-refractivity contribution < 1.29 is 33.2 Å². The first-order valence-corrected chi connectivity index (χ1v) is 12.1. The number of aryl methyl sites for hydroxylation is 1. The first kappa shape index (κ1) is 27.5. The second-order valence-electron chi connectivity index (χ2n) is 10.2. The molecule has 14 nitrogen and oxygen atoms in total. The van der Waals surface area contributed by atoms with E-state index in [-0.39, 0.29) is 35.3 Å². The van der Waals surface area contributed by atoms with Crippen LogP contribution in [0.2, 0.25) is 0 Å². The Hall–Kier alpha value is -4.56. The molecule has 0 saturated carbocycles. The number of fused-ring (bicyclic) bond motifs is 1. The SMILES string of the molecule is Cc1nonc1-n1cc(C(=O)O)c(=O)c2cc(F)c(N3CCC(NC(=O)[C@H](C)NC(=O)OC(C)(C)C)C3)nc21. The number of carbonyl (C=O) groups is 3. The van der Waals surface area contributed by atoms with Crippen LogP contribution >= 0.6 is 0 Å². The predicted molar refractivity (Wildman–Crippen MR) is 134 cm³/mol. The van der Waals surface area contributed by atoms with Gasteiger partial charge >= 0.3 is 12.1 Å². The van der Waals surface area contributed by atoms with Crippen LogP contribution in [-0.4, -0.2) is 73.7 Å². The molecule has 2 amide bonds. The Labute approximate surface area is 221 Å². The summed E-state index contributed by atoms with van der Waals surface area (Å²) in [5.41, 5.74) is -1.97. The summed E-state index contributed by atoms with van der Waals surface area (Å²) in [4.78, 5) is 55.0. The molecular formula is C24H28FN7O7. The molecule has 1 unspecified atom stereocenters. The Bertz CT molecular complexity index is 1510. The smallest absolute Gasteiger partial charge is 0.408 e. The number of rotatable bonds is 6. The first-order valence-electron chi connectivity index (χ1n) is 12.1. The molecule has 0 aromatic carbocycles. The van der Waals surface area contributed by atoms with Gasteiger partial charge in [-0.3, -0.25) is 14.2 Å². The summed E-state index contributed by atoms with van der Waals surface area (Å²) in [6.07, 6.45) is 0.775. The second-order valence-corrected chi connectivity index (χ2v) is 10.2. The van der Waals surface area contributed by atoms with Crippen LogP contribution in [0.25, 0.3) is 16.9 Å². The maximum absolute atomic E-state index is 15.2. The number of carboxylic acid groups (broad SMARTS) is 1. The maximum atomic E-state index is 15.2. The van der Waals surface area contributed by atoms with Gasteiger partial charge in [0.1, 0.15) is 22.9 Å². The molecule has 15 heteroatoms. The Balaban J connectivity index is 1.58. The number of nitrogens with one attached hydrogen (secondary N) is 2. The van der Waals surface area contributed by atoms with E-state index in [2.05, 4.69) is 25.9 Å². The number of aromatic carboxylic acids is 1. The number of carbonyl (C=O) groups excluding carboxylic acids is 2.